The number of hydrogen-bond donors (Lipinski definition) is 3. The quantitative estimate of drug-likeness (QED) is 0.776. The van der Waals surface area contributed by atoms with Crippen LogP contribution >= 0.6 is 0 Å². The Kier molecular flexibility index (Phi) is 6.11. The number of benzene rings is 2. The van der Waals surface area contributed by atoms with Crippen molar-refractivity contribution in [2.45, 2.75) is 6.54 Å². The first kappa shape index (κ1) is 18.0. The molecule has 25 heavy (non-hydrogen) atoms. The van der Waals surface area contributed by atoms with Gasteiger partial charge >= 0.3 is 6.09 Å². The predicted octanol–water partition coefficient (Wildman–Crippen LogP) is 2.15. The molecule has 0 heterocycles. The first-order valence-corrected chi connectivity index (χ1v) is 7.58. The van der Waals surface area contributed by atoms with E-state index in [0.29, 0.717) is 16.8 Å². The summed E-state index contributed by atoms with van der Waals surface area (Å²) < 4.78 is 4.54. The minimum absolute atomic E-state index is 0.194. The van der Waals surface area contributed by atoms with E-state index in [4.69, 9.17) is 0 Å². The zero-order valence-electron chi connectivity index (χ0n) is 14.0. The number of hydrogen-bond acceptors (Lipinski definition) is 4. The van der Waals surface area contributed by atoms with E-state index in [1.54, 1.807) is 49.5 Å². The van der Waals surface area contributed by atoms with Crippen molar-refractivity contribution in [1.29, 1.82) is 0 Å². The van der Waals surface area contributed by atoms with Crippen molar-refractivity contribution < 1.29 is 19.1 Å². The maximum atomic E-state index is 12.4. The van der Waals surface area contributed by atoms with Gasteiger partial charge in [0, 0.05) is 19.2 Å². The third-order valence-electron chi connectivity index (χ3n) is 3.46. The molecule has 0 unspecified atom stereocenters. The Balaban J connectivity index is 2.08. The van der Waals surface area contributed by atoms with E-state index < -0.39 is 6.09 Å². The Morgan fingerprint density at radius 2 is 1.76 bits per heavy atom. The Hall–Kier alpha value is -3.35. The fourth-order valence-electron chi connectivity index (χ4n) is 2.20. The van der Waals surface area contributed by atoms with Crippen LogP contribution in [0.4, 0.5) is 10.5 Å². The molecule has 0 aliphatic rings. The van der Waals surface area contributed by atoms with Crippen LogP contribution < -0.4 is 16.0 Å². The van der Waals surface area contributed by atoms with E-state index in [2.05, 4.69) is 20.7 Å². The van der Waals surface area contributed by atoms with E-state index in [1.807, 2.05) is 6.07 Å². The van der Waals surface area contributed by atoms with Gasteiger partial charge in [-0.2, -0.15) is 0 Å². The van der Waals surface area contributed by atoms with Gasteiger partial charge in [0.2, 0.25) is 0 Å². The summed E-state index contributed by atoms with van der Waals surface area (Å²) in [6.45, 7) is 0.246. The molecule has 130 valence electrons. The summed E-state index contributed by atoms with van der Waals surface area (Å²) in [5, 5.41) is 7.82. The first-order valence-electron chi connectivity index (χ1n) is 7.58. The van der Waals surface area contributed by atoms with Crippen molar-refractivity contribution in [2.75, 3.05) is 19.5 Å². The van der Waals surface area contributed by atoms with Gasteiger partial charge in [-0.05, 0) is 29.8 Å². The number of carbonyl (C=O) groups is 3. The molecule has 0 aliphatic heterocycles. The van der Waals surface area contributed by atoms with Crippen molar-refractivity contribution in [2.24, 2.45) is 0 Å². The van der Waals surface area contributed by atoms with Crippen LogP contribution in [0, 0.1) is 0 Å². The van der Waals surface area contributed by atoms with Gasteiger partial charge in [0.25, 0.3) is 11.8 Å². The number of methoxy groups -OCH3 is 1. The molecule has 2 rings (SSSR count). The normalized spacial score (nSPS) is 9.84. The smallest absolute Gasteiger partial charge is 0.411 e. The van der Waals surface area contributed by atoms with Gasteiger partial charge < -0.3 is 15.4 Å². The molecule has 0 radical (unpaired) electrons. The highest BCUT2D eigenvalue weighted by Crippen LogP contribution is 2.15. The van der Waals surface area contributed by atoms with Gasteiger partial charge in [0.15, 0.2) is 0 Å². The van der Waals surface area contributed by atoms with E-state index >= 15 is 0 Å². The number of nitrogens with one attached hydrogen (secondary N) is 3. The summed E-state index contributed by atoms with van der Waals surface area (Å²) in [5.74, 6) is -0.543. The summed E-state index contributed by atoms with van der Waals surface area (Å²) in [7, 11) is 2.81. The van der Waals surface area contributed by atoms with Crippen LogP contribution in [0.25, 0.3) is 0 Å². The minimum atomic E-state index is -0.654. The van der Waals surface area contributed by atoms with Crippen molar-refractivity contribution in [3.05, 3.63) is 65.2 Å². The molecule has 0 saturated carbocycles. The van der Waals surface area contributed by atoms with Crippen molar-refractivity contribution in [1.82, 2.24) is 10.6 Å². The molecule has 0 bridgehead atoms. The molecule has 3 amide bonds. The summed E-state index contributed by atoms with van der Waals surface area (Å²) in [6.07, 6.45) is -0.654. The van der Waals surface area contributed by atoms with Gasteiger partial charge in [0.1, 0.15) is 0 Å². The largest absolute Gasteiger partial charge is 0.453 e. The number of rotatable bonds is 5. The lowest BCUT2D eigenvalue weighted by atomic mass is 10.1. The number of para-hydroxylation sites is 1. The highest BCUT2D eigenvalue weighted by Gasteiger charge is 2.13. The van der Waals surface area contributed by atoms with E-state index in [0.717, 1.165) is 5.56 Å². The fourth-order valence-corrected chi connectivity index (χ4v) is 2.20. The zero-order valence-corrected chi connectivity index (χ0v) is 14.0. The Morgan fingerprint density at radius 3 is 2.48 bits per heavy atom. The first-order chi connectivity index (χ1) is 12.0. The molecule has 7 nitrogen and oxygen atoms in total. The fraction of sp³-hybridized carbons (Fsp3) is 0.167. The molecular formula is C18H19N3O4. The van der Waals surface area contributed by atoms with Gasteiger partial charge in [-0.15, -0.1) is 0 Å². The zero-order chi connectivity index (χ0) is 18.2. The Morgan fingerprint density at radius 1 is 1.00 bits per heavy atom. The van der Waals surface area contributed by atoms with Crippen LogP contribution in [0.2, 0.25) is 0 Å². The van der Waals surface area contributed by atoms with Crippen LogP contribution in [0.3, 0.4) is 0 Å². The highest BCUT2D eigenvalue weighted by molar-refractivity contribution is 6.02. The summed E-state index contributed by atoms with van der Waals surface area (Å²) in [4.78, 5) is 35.4. The van der Waals surface area contributed by atoms with Gasteiger partial charge in [-0.25, -0.2) is 4.79 Å². The van der Waals surface area contributed by atoms with Crippen LogP contribution in [0.1, 0.15) is 26.3 Å². The number of ether oxygens (including phenoxy) is 1. The van der Waals surface area contributed by atoms with Crippen LogP contribution in [0.15, 0.2) is 48.5 Å². The van der Waals surface area contributed by atoms with Crippen LogP contribution in [-0.2, 0) is 11.3 Å². The van der Waals surface area contributed by atoms with Gasteiger partial charge in [-0.1, -0.05) is 24.3 Å². The molecule has 0 aromatic heterocycles. The van der Waals surface area contributed by atoms with Crippen LogP contribution in [-0.4, -0.2) is 32.1 Å². The molecule has 0 aliphatic carbocycles. The molecule has 3 N–H and O–H groups in total. The topological polar surface area (TPSA) is 96.5 Å². The molecular weight excluding hydrogens is 322 g/mol. The third kappa shape index (κ3) is 4.81. The molecule has 7 heteroatoms. The van der Waals surface area contributed by atoms with E-state index in [-0.39, 0.29) is 18.4 Å². The van der Waals surface area contributed by atoms with Gasteiger partial charge in [-0.3, -0.25) is 14.9 Å². The average molecular weight is 341 g/mol. The lowest BCUT2D eigenvalue weighted by Gasteiger charge is -2.11. The predicted molar refractivity (Wildman–Crippen MR) is 93.5 cm³/mol. The maximum absolute atomic E-state index is 12.4. The minimum Gasteiger partial charge on any atom is -0.453 e. The SMILES string of the molecule is CNC(=O)c1cccc(CNC(=O)c2ccccc2NC(=O)OC)c1. The third-order valence-corrected chi connectivity index (χ3v) is 3.46. The summed E-state index contributed by atoms with van der Waals surface area (Å²) in [6, 6.07) is 13.6. The number of carbonyl (C=O) groups excluding carboxylic acids is 3. The summed E-state index contributed by atoms with van der Waals surface area (Å²) in [5.41, 5.74) is 1.97. The molecule has 0 spiro atoms. The second-order valence-electron chi connectivity index (χ2n) is 5.12. The number of amides is 3. The van der Waals surface area contributed by atoms with Crippen molar-refractivity contribution in [3.63, 3.8) is 0 Å². The lowest BCUT2D eigenvalue weighted by molar-refractivity contribution is 0.0949. The highest BCUT2D eigenvalue weighted by atomic mass is 16.5. The maximum Gasteiger partial charge on any atom is 0.411 e. The Bertz CT molecular complexity index is 789. The van der Waals surface area contributed by atoms with Crippen molar-refractivity contribution >= 4 is 23.6 Å². The molecule has 0 fully saturated rings. The second-order valence-corrected chi connectivity index (χ2v) is 5.12. The standard InChI is InChI=1S/C18H19N3O4/c1-19-16(22)13-7-5-6-12(10-13)11-20-17(23)14-8-3-4-9-15(14)21-18(24)25-2/h3-10H,11H2,1-2H3,(H,19,22)(H,20,23)(H,21,24). The Labute approximate surface area is 145 Å². The lowest BCUT2D eigenvalue weighted by Crippen LogP contribution is -2.25. The number of anilines is 1. The van der Waals surface area contributed by atoms with E-state index in [1.165, 1.54) is 7.11 Å². The monoisotopic (exact) mass is 341 g/mol. The van der Waals surface area contributed by atoms with Gasteiger partial charge in [0.05, 0.1) is 18.4 Å². The summed E-state index contributed by atoms with van der Waals surface area (Å²) >= 11 is 0. The molecule has 2 aromatic rings. The molecule has 2 aromatic carbocycles. The molecule has 0 atom stereocenters. The van der Waals surface area contributed by atoms with E-state index in [9.17, 15) is 14.4 Å². The van der Waals surface area contributed by atoms with Crippen LogP contribution in [0.5, 0.6) is 0 Å². The van der Waals surface area contributed by atoms with Crippen molar-refractivity contribution in [3.8, 4) is 0 Å². The molecule has 0 saturated heterocycles. The second kappa shape index (κ2) is 8.49. The average Bonchev–Trinajstić information content (AvgIpc) is 2.66.